The summed E-state index contributed by atoms with van der Waals surface area (Å²) in [4.78, 5) is 14.8. The van der Waals surface area contributed by atoms with Gasteiger partial charge in [-0.1, -0.05) is 18.9 Å². The quantitative estimate of drug-likeness (QED) is 0.776. The molecule has 0 atom stereocenters. The van der Waals surface area contributed by atoms with E-state index in [1.807, 2.05) is 6.08 Å². The van der Waals surface area contributed by atoms with Gasteiger partial charge in [0.05, 0.1) is 0 Å². The Morgan fingerprint density at radius 2 is 1.79 bits per heavy atom. The topological polar surface area (TPSA) is 46.3 Å². The van der Waals surface area contributed by atoms with Gasteiger partial charge in [0.2, 0.25) is 5.91 Å². The second-order valence-electron chi connectivity index (χ2n) is 6.17. The van der Waals surface area contributed by atoms with Gasteiger partial charge < -0.3 is 10.6 Å². The van der Waals surface area contributed by atoms with E-state index in [0.29, 0.717) is 17.9 Å². The Kier molecular flexibility index (Phi) is 5.44. The molecule has 2 rings (SSSR count). The van der Waals surface area contributed by atoms with E-state index in [0.717, 1.165) is 38.8 Å². The molecule has 2 fully saturated rings. The maximum absolute atomic E-state index is 12.7. The van der Waals surface area contributed by atoms with Crippen LogP contribution >= 0.6 is 0 Å². The molecule has 0 unspecified atom stereocenters. The molecule has 0 aromatic carbocycles. The number of rotatable bonds is 5. The number of hydrogen-bond donors (Lipinski definition) is 1. The van der Waals surface area contributed by atoms with Gasteiger partial charge in [-0.05, 0) is 51.0 Å². The van der Waals surface area contributed by atoms with E-state index in [-0.39, 0.29) is 5.92 Å². The molecule has 108 valence electrons. The number of amides is 1. The third-order valence-corrected chi connectivity index (χ3v) is 4.90. The molecule has 3 nitrogen and oxygen atoms in total. The van der Waals surface area contributed by atoms with Crippen molar-refractivity contribution in [1.29, 1.82) is 0 Å². The Balaban J connectivity index is 1.93. The first kappa shape index (κ1) is 14.6. The molecule has 2 aliphatic carbocycles. The summed E-state index contributed by atoms with van der Waals surface area (Å²) in [6.45, 7) is 5.31. The maximum Gasteiger partial charge on any atom is 0.226 e. The molecule has 0 heterocycles. The summed E-state index contributed by atoms with van der Waals surface area (Å²) in [5.41, 5.74) is 5.72. The van der Waals surface area contributed by atoms with Crippen LogP contribution in [0.25, 0.3) is 0 Å². The van der Waals surface area contributed by atoms with Gasteiger partial charge in [-0.25, -0.2) is 0 Å². The Morgan fingerprint density at radius 1 is 1.16 bits per heavy atom. The molecular weight excluding hydrogens is 236 g/mol. The molecular formula is C16H28N2O. The highest BCUT2D eigenvalue weighted by atomic mass is 16.2. The Morgan fingerprint density at radius 3 is 2.32 bits per heavy atom. The zero-order valence-corrected chi connectivity index (χ0v) is 12.0. The summed E-state index contributed by atoms with van der Waals surface area (Å²) in [7, 11) is 0. The van der Waals surface area contributed by atoms with Crippen LogP contribution in [0, 0.1) is 11.8 Å². The fraction of sp³-hybridized carbons (Fsp3) is 0.812. The fourth-order valence-electron chi connectivity index (χ4n) is 3.65. The molecule has 0 saturated heterocycles. The lowest BCUT2D eigenvalue weighted by molar-refractivity contribution is -0.138. The van der Waals surface area contributed by atoms with E-state index < -0.39 is 0 Å². The highest BCUT2D eigenvalue weighted by Gasteiger charge is 2.32. The minimum absolute atomic E-state index is 0.239. The normalized spacial score (nSPS) is 28.3. The highest BCUT2D eigenvalue weighted by Crippen LogP contribution is 2.32. The molecule has 0 bridgehead atoms. The van der Waals surface area contributed by atoms with Crippen LogP contribution in [-0.4, -0.2) is 29.9 Å². The summed E-state index contributed by atoms with van der Waals surface area (Å²) < 4.78 is 0. The first-order valence-electron chi connectivity index (χ1n) is 7.87. The lowest BCUT2D eigenvalue weighted by Gasteiger charge is -2.34. The molecule has 0 aromatic heterocycles. The van der Waals surface area contributed by atoms with Crippen molar-refractivity contribution in [2.75, 3.05) is 13.1 Å². The summed E-state index contributed by atoms with van der Waals surface area (Å²) in [5, 5.41) is 0. The van der Waals surface area contributed by atoms with Gasteiger partial charge >= 0.3 is 0 Å². The van der Waals surface area contributed by atoms with Crippen molar-refractivity contribution < 1.29 is 4.79 Å². The second-order valence-corrected chi connectivity index (χ2v) is 6.17. The van der Waals surface area contributed by atoms with Crippen LogP contribution in [0.3, 0.4) is 0 Å². The van der Waals surface area contributed by atoms with Crippen molar-refractivity contribution >= 4 is 5.91 Å². The molecule has 0 spiro atoms. The van der Waals surface area contributed by atoms with Gasteiger partial charge in [0.15, 0.2) is 0 Å². The average Bonchev–Trinajstić information content (AvgIpc) is 2.98. The largest absolute Gasteiger partial charge is 0.336 e. The number of hydrogen-bond acceptors (Lipinski definition) is 2. The molecule has 2 saturated carbocycles. The molecule has 1 amide bonds. The zero-order chi connectivity index (χ0) is 13.7. The minimum atomic E-state index is 0.239. The van der Waals surface area contributed by atoms with Crippen molar-refractivity contribution in [1.82, 2.24) is 4.90 Å². The SMILES string of the molecule is C=CCN(C(=O)C1CCC(CN)CC1)C1CCCC1. The van der Waals surface area contributed by atoms with Gasteiger partial charge in [0, 0.05) is 18.5 Å². The van der Waals surface area contributed by atoms with Crippen LogP contribution in [0.2, 0.25) is 0 Å². The van der Waals surface area contributed by atoms with E-state index in [4.69, 9.17) is 5.73 Å². The van der Waals surface area contributed by atoms with E-state index in [9.17, 15) is 4.79 Å². The number of nitrogens with zero attached hydrogens (tertiary/aromatic N) is 1. The first-order chi connectivity index (χ1) is 9.26. The van der Waals surface area contributed by atoms with Crippen molar-refractivity contribution in [3.05, 3.63) is 12.7 Å². The van der Waals surface area contributed by atoms with Gasteiger partial charge in [0.1, 0.15) is 0 Å². The first-order valence-corrected chi connectivity index (χ1v) is 7.87. The van der Waals surface area contributed by atoms with Crippen LogP contribution < -0.4 is 5.73 Å². The monoisotopic (exact) mass is 264 g/mol. The number of nitrogens with two attached hydrogens (primary N) is 1. The van der Waals surface area contributed by atoms with E-state index in [2.05, 4.69) is 11.5 Å². The standard InChI is InChI=1S/C16H28N2O/c1-2-11-18(15-5-3-4-6-15)16(19)14-9-7-13(12-17)8-10-14/h2,13-15H,1,3-12,17H2. The van der Waals surface area contributed by atoms with Gasteiger partial charge in [0.25, 0.3) is 0 Å². The lowest BCUT2D eigenvalue weighted by Crippen LogP contribution is -2.43. The van der Waals surface area contributed by atoms with Crippen molar-refractivity contribution in [3.63, 3.8) is 0 Å². The molecule has 0 radical (unpaired) electrons. The molecule has 2 N–H and O–H groups in total. The predicted molar refractivity (Wildman–Crippen MR) is 78.7 cm³/mol. The highest BCUT2D eigenvalue weighted by molar-refractivity contribution is 5.79. The van der Waals surface area contributed by atoms with Gasteiger partial charge in [-0.3, -0.25) is 4.79 Å². The van der Waals surface area contributed by atoms with Crippen molar-refractivity contribution in [2.24, 2.45) is 17.6 Å². The lowest BCUT2D eigenvalue weighted by atomic mass is 9.81. The molecule has 3 heteroatoms. The predicted octanol–water partition coefficient (Wildman–Crippen LogP) is 2.71. The van der Waals surface area contributed by atoms with E-state index in [1.54, 1.807) is 0 Å². The maximum atomic E-state index is 12.7. The summed E-state index contributed by atoms with van der Waals surface area (Å²) in [6, 6.07) is 0.470. The minimum Gasteiger partial charge on any atom is -0.336 e. The molecule has 0 aliphatic heterocycles. The number of carbonyl (C=O) groups is 1. The van der Waals surface area contributed by atoms with Gasteiger partial charge in [-0.2, -0.15) is 0 Å². The molecule has 2 aliphatic rings. The van der Waals surface area contributed by atoms with Gasteiger partial charge in [-0.15, -0.1) is 6.58 Å². The van der Waals surface area contributed by atoms with E-state index in [1.165, 1.54) is 25.7 Å². The number of carbonyl (C=O) groups excluding carboxylic acids is 1. The fourth-order valence-corrected chi connectivity index (χ4v) is 3.65. The average molecular weight is 264 g/mol. The van der Waals surface area contributed by atoms with E-state index >= 15 is 0 Å². The Labute approximate surface area is 117 Å². The summed E-state index contributed by atoms with van der Waals surface area (Å²) >= 11 is 0. The van der Waals surface area contributed by atoms with Crippen molar-refractivity contribution in [3.8, 4) is 0 Å². The van der Waals surface area contributed by atoms with Crippen LogP contribution in [0.5, 0.6) is 0 Å². The molecule has 0 aromatic rings. The van der Waals surface area contributed by atoms with Crippen LogP contribution in [-0.2, 0) is 4.79 Å². The Bertz CT molecular complexity index is 302. The van der Waals surface area contributed by atoms with Crippen LogP contribution in [0.1, 0.15) is 51.4 Å². The third kappa shape index (κ3) is 3.59. The zero-order valence-electron chi connectivity index (χ0n) is 12.0. The smallest absolute Gasteiger partial charge is 0.226 e. The van der Waals surface area contributed by atoms with Crippen LogP contribution in [0.4, 0.5) is 0 Å². The van der Waals surface area contributed by atoms with Crippen LogP contribution in [0.15, 0.2) is 12.7 Å². The Hall–Kier alpha value is -0.830. The molecule has 19 heavy (non-hydrogen) atoms. The summed E-state index contributed by atoms with van der Waals surface area (Å²) in [5.74, 6) is 1.26. The second kappa shape index (κ2) is 7.09. The third-order valence-electron chi connectivity index (χ3n) is 4.90. The summed E-state index contributed by atoms with van der Waals surface area (Å²) in [6.07, 6.45) is 11.1. The van der Waals surface area contributed by atoms with Crippen molar-refractivity contribution in [2.45, 2.75) is 57.4 Å².